The second-order valence-corrected chi connectivity index (χ2v) is 9.58. The van der Waals surface area contributed by atoms with Crippen molar-refractivity contribution in [2.75, 3.05) is 19.6 Å². The third-order valence-electron chi connectivity index (χ3n) is 7.49. The summed E-state index contributed by atoms with van der Waals surface area (Å²) in [7, 11) is 0. The molecule has 1 saturated heterocycles. The summed E-state index contributed by atoms with van der Waals surface area (Å²) in [6.07, 6.45) is 17.0. The van der Waals surface area contributed by atoms with Gasteiger partial charge >= 0.3 is 0 Å². The fourth-order valence-corrected chi connectivity index (χ4v) is 5.78. The molecule has 166 valence electrons. The summed E-state index contributed by atoms with van der Waals surface area (Å²) in [5.74, 6) is 2.15. The van der Waals surface area contributed by atoms with Crippen LogP contribution < -0.4 is 5.32 Å². The number of H-pyrrole nitrogens is 1. The number of allylic oxidation sites excluding steroid dienone is 5. The van der Waals surface area contributed by atoms with Crippen LogP contribution in [0.5, 0.6) is 0 Å². The van der Waals surface area contributed by atoms with Gasteiger partial charge in [0.25, 0.3) is 0 Å². The van der Waals surface area contributed by atoms with Gasteiger partial charge in [-0.25, -0.2) is 9.97 Å². The summed E-state index contributed by atoms with van der Waals surface area (Å²) in [6, 6.07) is 0. The lowest BCUT2D eigenvalue weighted by Gasteiger charge is -2.25. The molecular formula is C26H27N7. The van der Waals surface area contributed by atoms with Crippen molar-refractivity contribution in [1.82, 2.24) is 29.8 Å². The third-order valence-corrected chi connectivity index (χ3v) is 7.49. The fraction of sp³-hybridized carbons (Fsp3) is 0.385. The molecule has 2 fully saturated rings. The number of aliphatic imine (C=N–C) groups is 1. The predicted molar refractivity (Wildman–Crippen MR) is 129 cm³/mol. The van der Waals surface area contributed by atoms with E-state index in [1.165, 1.54) is 30.4 Å². The van der Waals surface area contributed by atoms with E-state index >= 15 is 0 Å². The Morgan fingerprint density at radius 3 is 2.88 bits per heavy atom. The Bertz CT molecular complexity index is 1390. The summed E-state index contributed by atoms with van der Waals surface area (Å²) >= 11 is 0. The number of fused-ring (bicyclic) bond motifs is 3. The summed E-state index contributed by atoms with van der Waals surface area (Å²) in [5.41, 5.74) is 10.7. The van der Waals surface area contributed by atoms with Crippen LogP contribution in [-0.4, -0.2) is 49.8 Å². The molecule has 7 heteroatoms. The number of hydrogen-bond acceptors (Lipinski definition) is 5. The molecule has 2 aliphatic carbocycles. The van der Waals surface area contributed by atoms with Gasteiger partial charge in [-0.2, -0.15) is 0 Å². The SMILES string of the molecule is Cc1cn(-c2cncc3[nH]c(C4=NCCC5=CC=C(C6CCNCC6)C6CC6=C54)nc23)cn1. The lowest BCUT2D eigenvalue weighted by Crippen LogP contribution is -2.29. The lowest BCUT2D eigenvalue weighted by molar-refractivity contribution is 0.409. The molecule has 0 spiro atoms. The highest BCUT2D eigenvalue weighted by Gasteiger charge is 2.42. The molecule has 1 atom stereocenters. The average molecular weight is 438 g/mol. The van der Waals surface area contributed by atoms with Gasteiger partial charge in [-0.05, 0) is 57.2 Å². The van der Waals surface area contributed by atoms with Crippen LogP contribution in [0.3, 0.4) is 0 Å². The number of imidazole rings is 2. The Labute approximate surface area is 192 Å². The van der Waals surface area contributed by atoms with Crippen LogP contribution >= 0.6 is 0 Å². The number of hydrogen-bond donors (Lipinski definition) is 2. The van der Waals surface area contributed by atoms with Crippen LogP contribution in [0.4, 0.5) is 0 Å². The highest BCUT2D eigenvalue weighted by molar-refractivity contribution is 6.16. The molecule has 1 unspecified atom stereocenters. The molecule has 33 heavy (non-hydrogen) atoms. The van der Waals surface area contributed by atoms with Crippen molar-refractivity contribution in [2.45, 2.75) is 32.6 Å². The van der Waals surface area contributed by atoms with Gasteiger partial charge in [-0.1, -0.05) is 23.3 Å². The van der Waals surface area contributed by atoms with E-state index < -0.39 is 0 Å². The molecule has 3 aromatic heterocycles. The van der Waals surface area contributed by atoms with Crippen LogP contribution in [0.25, 0.3) is 16.7 Å². The second kappa shape index (κ2) is 7.35. The summed E-state index contributed by atoms with van der Waals surface area (Å²) < 4.78 is 1.99. The van der Waals surface area contributed by atoms with Crippen LogP contribution in [0.15, 0.2) is 64.4 Å². The standard InChI is InChI=1S/C26H27N7/c1-15-13-33(14-30-15)22-12-28-11-21-24(22)32-26(31-21)25-23-17(6-9-29-25)2-3-18(19-10-20(19)23)16-4-7-27-8-5-16/h2-3,11-14,16,19,27H,4-10H2,1H3,(H,31,32). The molecule has 5 heterocycles. The van der Waals surface area contributed by atoms with Gasteiger partial charge in [0.1, 0.15) is 11.2 Å². The average Bonchev–Trinajstić information content (AvgIpc) is 3.33. The fourth-order valence-electron chi connectivity index (χ4n) is 5.78. The maximum atomic E-state index is 5.04. The van der Waals surface area contributed by atoms with Crippen LogP contribution in [0.2, 0.25) is 0 Å². The number of rotatable bonds is 3. The minimum Gasteiger partial charge on any atom is -0.335 e. The molecule has 2 N–H and O–H groups in total. The van der Waals surface area contributed by atoms with E-state index in [4.69, 9.17) is 9.98 Å². The molecule has 0 bridgehead atoms. The molecule has 3 aromatic rings. The quantitative estimate of drug-likeness (QED) is 0.652. The zero-order valence-electron chi connectivity index (χ0n) is 18.8. The van der Waals surface area contributed by atoms with E-state index in [0.717, 1.165) is 60.0 Å². The van der Waals surface area contributed by atoms with Crippen molar-refractivity contribution in [3.05, 3.63) is 70.9 Å². The first-order chi connectivity index (χ1) is 16.3. The van der Waals surface area contributed by atoms with Crippen molar-refractivity contribution in [3.63, 3.8) is 0 Å². The zero-order valence-corrected chi connectivity index (χ0v) is 18.8. The Kier molecular flexibility index (Phi) is 4.27. The highest BCUT2D eigenvalue weighted by Crippen LogP contribution is 2.53. The van der Waals surface area contributed by atoms with Gasteiger partial charge in [0.2, 0.25) is 0 Å². The second-order valence-electron chi connectivity index (χ2n) is 9.58. The topological polar surface area (TPSA) is 83.8 Å². The maximum absolute atomic E-state index is 5.04. The van der Waals surface area contributed by atoms with Crippen molar-refractivity contribution >= 4 is 16.7 Å². The van der Waals surface area contributed by atoms with Gasteiger partial charge in [0, 0.05) is 24.2 Å². The van der Waals surface area contributed by atoms with Crippen molar-refractivity contribution in [1.29, 1.82) is 0 Å². The molecule has 7 nitrogen and oxygen atoms in total. The van der Waals surface area contributed by atoms with Gasteiger partial charge in [0.05, 0.1) is 35.6 Å². The number of aromatic amines is 1. The number of nitrogens with one attached hydrogen (secondary N) is 2. The summed E-state index contributed by atoms with van der Waals surface area (Å²) in [5, 5.41) is 3.51. The number of aromatic nitrogens is 5. The maximum Gasteiger partial charge on any atom is 0.157 e. The van der Waals surface area contributed by atoms with E-state index in [1.54, 1.807) is 11.1 Å². The van der Waals surface area contributed by atoms with E-state index in [-0.39, 0.29) is 0 Å². The molecule has 4 aliphatic rings. The minimum atomic E-state index is 0.593. The van der Waals surface area contributed by atoms with Gasteiger partial charge in [-0.15, -0.1) is 0 Å². The van der Waals surface area contributed by atoms with Crippen LogP contribution in [0.1, 0.15) is 37.2 Å². The van der Waals surface area contributed by atoms with E-state index in [2.05, 4.69) is 32.4 Å². The molecule has 0 aromatic carbocycles. The Morgan fingerprint density at radius 1 is 1.12 bits per heavy atom. The van der Waals surface area contributed by atoms with E-state index in [9.17, 15) is 0 Å². The molecule has 1 saturated carbocycles. The van der Waals surface area contributed by atoms with Crippen LogP contribution in [-0.2, 0) is 0 Å². The largest absolute Gasteiger partial charge is 0.335 e. The number of piperidine rings is 1. The Hall–Kier alpha value is -3.32. The first-order valence-electron chi connectivity index (χ1n) is 12.0. The van der Waals surface area contributed by atoms with Gasteiger partial charge in [-0.3, -0.25) is 9.98 Å². The molecule has 0 amide bonds. The lowest BCUT2D eigenvalue weighted by atomic mass is 9.86. The van der Waals surface area contributed by atoms with E-state index in [1.807, 2.05) is 36.4 Å². The predicted octanol–water partition coefficient (Wildman–Crippen LogP) is 3.83. The van der Waals surface area contributed by atoms with Crippen LogP contribution in [0, 0.1) is 18.8 Å². The zero-order chi connectivity index (χ0) is 21.9. The van der Waals surface area contributed by atoms with Crippen molar-refractivity contribution in [3.8, 4) is 5.69 Å². The Morgan fingerprint density at radius 2 is 2.03 bits per heavy atom. The first-order valence-corrected chi connectivity index (χ1v) is 12.0. The van der Waals surface area contributed by atoms with Crippen molar-refractivity contribution in [2.24, 2.45) is 16.8 Å². The van der Waals surface area contributed by atoms with E-state index in [0.29, 0.717) is 11.8 Å². The minimum absolute atomic E-state index is 0.593. The summed E-state index contributed by atoms with van der Waals surface area (Å²) in [6.45, 7) is 5.07. The molecule has 7 rings (SSSR count). The number of aryl methyl sites for hydroxylation is 1. The highest BCUT2D eigenvalue weighted by atomic mass is 15.1. The van der Waals surface area contributed by atoms with Gasteiger partial charge in [0.15, 0.2) is 5.82 Å². The number of pyridine rings is 1. The van der Waals surface area contributed by atoms with Crippen molar-refractivity contribution < 1.29 is 0 Å². The normalized spacial score (nSPS) is 22.9. The first kappa shape index (κ1) is 19.2. The smallest absolute Gasteiger partial charge is 0.157 e. The number of nitrogens with zero attached hydrogens (tertiary/aromatic N) is 5. The molecule has 0 radical (unpaired) electrons. The third kappa shape index (κ3) is 3.14. The summed E-state index contributed by atoms with van der Waals surface area (Å²) in [4.78, 5) is 22.4. The Balaban J connectivity index is 1.29. The molecule has 2 aliphatic heterocycles. The monoisotopic (exact) mass is 437 g/mol. The molecular weight excluding hydrogens is 410 g/mol. The van der Waals surface area contributed by atoms with Gasteiger partial charge < -0.3 is 14.9 Å².